The maximum atomic E-state index is 8.63. The van der Waals surface area contributed by atoms with Gasteiger partial charge in [-0.1, -0.05) is 18.2 Å². The second-order valence-electron chi connectivity index (χ2n) is 1.34. The predicted molar refractivity (Wildman–Crippen MR) is 33.1 cm³/mol. The first-order valence-electron chi connectivity index (χ1n) is 2.13. The minimum Gasteiger partial charge on any atom is -0.508 e. The molecule has 10 heavy (non-hydrogen) atoms. The first-order chi connectivity index (χ1) is 3.39. The molecule has 0 unspecified atom stereocenters. The third kappa shape index (κ3) is 5.64. The van der Waals surface area contributed by atoms with E-state index in [1.807, 2.05) is 6.07 Å². The number of phenolic OH excluding ortho intramolecular Hbond substituents is 1. The number of aromatic hydroxyl groups is 1. The monoisotopic (exact) mass is 236 g/mol. The summed E-state index contributed by atoms with van der Waals surface area (Å²) in [6.07, 6.45) is 0. The van der Waals surface area contributed by atoms with Gasteiger partial charge in [0, 0.05) is 19.5 Å². The molecule has 0 aliphatic heterocycles. The Morgan fingerprint density at radius 1 is 0.900 bits per heavy atom. The Morgan fingerprint density at radius 2 is 1.30 bits per heavy atom. The van der Waals surface area contributed by atoms with Gasteiger partial charge >= 0.3 is 0 Å². The Balaban J connectivity index is -0.000000163. The van der Waals surface area contributed by atoms with Gasteiger partial charge in [-0.25, -0.2) is 0 Å². The minimum absolute atomic E-state index is 0. The molecule has 0 heterocycles. The molecule has 0 bridgehead atoms. The number of para-hydroxylation sites is 1. The molecule has 1 aromatic carbocycles. The molecule has 0 aliphatic rings. The summed E-state index contributed by atoms with van der Waals surface area (Å²) < 4.78 is 0. The average molecular weight is 235 g/mol. The normalized spacial score (nSPS) is 6.00. The van der Waals surface area contributed by atoms with Crippen molar-refractivity contribution in [1.82, 2.24) is 0 Å². The number of hydrogen-bond donors (Lipinski definition) is 1. The van der Waals surface area contributed by atoms with Crippen LogP contribution in [0.4, 0.5) is 9.41 Å². The summed E-state index contributed by atoms with van der Waals surface area (Å²) in [5.74, 6) is 0.322. The van der Waals surface area contributed by atoms with Crippen LogP contribution in [-0.2, 0) is 19.5 Å². The molecule has 0 radical (unpaired) electrons. The summed E-state index contributed by atoms with van der Waals surface area (Å²) in [7, 11) is 0. The van der Waals surface area contributed by atoms with Crippen LogP contribution in [0.15, 0.2) is 30.3 Å². The fourth-order valence-electron chi connectivity index (χ4n) is 0.428. The third-order valence-electron chi connectivity index (χ3n) is 0.756. The Labute approximate surface area is 70.6 Å². The summed E-state index contributed by atoms with van der Waals surface area (Å²) in [6.45, 7) is 0. The fourth-order valence-corrected chi connectivity index (χ4v) is 0.428. The summed E-state index contributed by atoms with van der Waals surface area (Å²) in [6, 6.07) is 8.71. The van der Waals surface area contributed by atoms with E-state index >= 15 is 0 Å². The molecule has 60 valence electrons. The van der Waals surface area contributed by atoms with E-state index in [1.165, 1.54) is 0 Å². The third-order valence-corrected chi connectivity index (χ3v) is 0.756. The van der Waals surface area contributed by atoms with Crippen LogP contribution < -0.4 is 0 Å². The molecule has 0 aliphatic carbocycles. The number of benzene rings is 1. The number of phenols is 1. The van der Waals surface area contributed by atoms with E-state index in [2.05, 4.69) is 0 Å². The second-order valence-corrected chi connectivity index (χ2v) is 1.34. The van der Waals surface area contributed by atoms with E-state index in [0.717, 1.165) is 0 Å². The molecule has 1 nitrogen and oxygen atoms in total. The smallest absolute Gasteiger partial charge is 0.115 e. The molecule has 1 aromatic rings. The van der Waals surface area contributed by atoms with Crippen molar-refractivity contribution in [3.8, 4) is 5.75 Å². The van der Waals surface area contributed by atoms with E-state index in [0.29, 0.717) is 5.75 Å². The first kappa shape index (κ1) is 16.2. The molecular formula is C6H8F2ORu. The van der Waals surface area contributed by atoms with Crippen LogP contribution in [0.25, 0.3) is 0 Å². The van der Waals surface area contributed by atoms with Crippen LogP contribution in [-0.4, -0.2) is 5.11 Å². The van der Waals surface area contributed by atoms with Crippen LogP contribution in [0.5, 0.6) is 5.75 Å². The van der Waals surface area contributed by atoms with E-state index in [-0.39, 0.29) is 28.9 Å². The Kier molecular flexibility index (Phi) is 13.8. The van der Waals surface area contributed by atoms with Crippen molar-refractivity contribution in [2.75, 3.05) is 0 Å². The van der Waals surface area contributed by atoms with Crippen LogP contribution in [0.3, 0.4) is 0 Å². The molecular weight excluding hydrogens is 227 g/mol. The molecule has 0 spiro atoms. The van der Waals surface area contributed by atoms with E-state index < -0.39 is 0 Å². The van der Waals surface area contributed by atoms with Crippen molar-refractivity contribution < 1.29 is 34.0 Å². The molecule has 0 amide bonds. The van der Waals surface area contributed by atoms with Gasteiger partial charge in [0.1, 0.15) is 5.75 Å². The number of hydrogen-bond acceptors (Lipinski definition) is 1. The van der Waals surface area contributed by atoms with Gasteiger partial charge < -0.3 is 5.11 Å². The maximum Gasteiger partial charge on any atom is 0.115 e. The van der Waals surface area contributed by atoms with Gasteiger partial charge in [0.25, 0.3) is 0 Å². The van der Waals surface area contributed by atoms with Crippen molar-refractivity contribution in [3.63, 3.8) is 0 Å². The second kappa shape index (κ2) is 8.50. The number of halogens is 2. The Morgan fingerprint density at radius 3 is 1.50 bits per heavy atom. The maximum absolute atomic E-state index is 8.63. The SMILES string of the molecule is F.F.Oc1ccccc1.[Ru]. The van der Waals surface area contributed by atoms with Crippen molar-refractivity contribution in [1.29, 1.82) is 0 Å². The summed E-state index contributed by atoms with van der Waals surface area (Å²) in [4.78, 5) is 0. The molecule has 0 saturated heterocycles. The van der Waals surface area contributed by atoms with Crippen LogP contribution >= 0.6 is 0 Å². The molecule has 0 fully saturated rings. The standard InChI is InChI=1S/C6H6O.2FH.Ru/c7-6-4-2-1-3-5-6;;;/h1-5,7H;2*1H;. The zero-order valence-electron chi connectivity index (χ0n) is 5.00. The minimum atomic E-state index is 0. The van der Waals surface area contributed by atoms with Crippen molar-refractivity contribution in [3.05, 3.63) is 30.3 Å². The molecule has 0 aromatic heterocycles. The average Bonchev–Trinajstić information content (AvgIpc) is 1.69. The molecule has 1 rings (SSSR count). The largest absolute Gasteiger partial charge is 0.508 e. The topological polar surface area (TPSA) is 20.2 Å². The van der Waals surface area contributed by atoms with Crippen LogP contribution in [0, 0.1) is 0 Å². The predicted octanol–water partition coefficient (Wildman–Crippen LogP) is 1.69. The van der Waals surface area contributed by atoms with E-state index in [4.69, 9.17) is 5.11 Å². The zero-order chi connectivity index (χ0) is 5.11. The Hall–Kier alpha value is -0.497. The molecule has 0 saturated carbocycles. The van der Waals surface area contributed by atoms with Gasteiger partial charge in [-0.05, 0) is 12.1 Å². The quantitative estimate of drug-likeness (QED) is 0.678. The molecule has 1 N–H and O–H groups in total. The van der Waals surface area contributed by atoms with E-state index in [1.54, 1.807) is 24.3 Å². The van der Waals surface area contributed by atoms with Gasteiger partial charge in [0.05, 0.1) is 0 Å². The van der Waals surface area contributed by atoms with Crippen molar-refractivity contribution in [2.24, 2.45) is 0 Å². The summed E-state index contributed by atoms with van der Waals surface area (Å²) in [5, 5.41) is 8.63. The Bertz CT molecular complexity index is 146. The van der Waals surface area contributed by atoms with Gasteiger partial charge in [-0.15, -0.1) is 0 Å². The van der Waals surface area contributed by atoms with Gasteiger partial charge in [-0.2, -0.15) is 0 Å². The summed E-state index contributed by atoms with van der Waals surface area (Å²) in [5.41, 5.74) is 0. The fraction of sp³-hybridized carbons (Fsp3) is 0. The molecule has 0 atom stereocenters. The summed E-state index contributed by atoms with van der Waals surface area (Å²) >= 11 is 0. The van der Waals surface area contributed by atoms with Gasteiger partial charge in [0.2, 0.25) is 0 Å². The zero-order valence-corrected chi connectivity index (χ0v) is 6.74. The van der Waals surface area contributed by atoms with Crippen molar-refractivity contribution >= 4 is 0 Å². The first-order valence-corrected chi connectivity index (χ1v) is 2.13. The molecule has 4 heteroatoms. The van der Waals surface area contributed by atoms with Crippen LogP contribution in [0.2, 0.25) is 0 Å². The van der Waals surface area contributed by atoms with Crippen molar-refractivity contribution in [2.45, 2.75) is 0 Å². The van der Waals surface area contributed by atoms with E-state index in [9.17, 15) is 0 Å². The number of rotatable bonds is 0. The van der Waals surface area contributed by atoms with Crippen LogP contribution in [0.1, 0.15) is 0 Å². The van der Waals surface area contributed by atoms with Gasteiger partial charge in [0.15, 0.2) is 0 Å². The van der Waals surface area contributed by atoms with Gasteiger partial charge in [-0.3, -0.25) is 9.41 Å².